The summed E-state index contributed by atoms with van der Waals surface area (Å²) in [5, 5.41) is 0. The molecular formula is C30H28F34O16. The van der Waals surface area contributed by atoms with Crippen molar-refractivity contribution >= 4 is 18.5 Å². The van der Waals surface area contributed by atoms with Crippen LogP contribution in [0.4, 0.5) is 164 Å². The van der Waals surface area contributed by atoms with Crippen molar-refractivity contribution in [1.82, 2.24) is 0 Å². The average Bonchev–Trinajstić information content (AvgIpc) is 3.20. The highest BCUT2D eigenvalue weighted by molar-refractivity contribution is 5.60. The van der Waals surface area contributed by atoms with Crippen LogP contribution in [0.15, 0.2) is 0 Å². The van der Waals surface area contributed by atoms with E-state index in [-0.39, 0.29) is 14.5 Å². The van der Waals surface area contributed by atoms with Crippen molar-refractivity contribution < 1.29 is 225 Å². The van der Waals surface area contributed by atoms with Gasteiger partial charge in [-0.15, -0.1) is 0 Å². The lowest BCUT2D eigenvalue weighted by Gasteiger charge is -2.36. The highest BCUT2D eigenvalue weighted by Crippen LogP contribution is 2.54. The van der Waals surface area contributed by atoms with Crippen LogP contribution in [-0.4, -0.2) is 170 Å². The summed E-state index contributed by atoms with van der Waals surface area (Å²) in [4.78, 5) is 31.1. The van der Waals surface area contributed by atoms with Gasteiger partial charge in [0.25, 0.3) is 0 Å². The van der Waals surface area contributed by atoms with Crippen molar-refractivity contribution in [3.8, 4) is 0 Å². The molecule has 0 aromatic carbocycles. The van der Waals surface area contributed by atoms with Gasteiger partial charge in [0.1, 0.15) is 0 Å². The van der Waals surface area contributed by atoms with Gasteiger partial charge in [-0.3, -0.25) is 0 Å². The summed E-state index contributed by atoms with van der Waals surface area (Å²) in [6.07, 6.45) is -90.0. The molecule has 0 rings (SSSR count). The van der Waals surface area contributed by atoms with Gasteiger partial charge >= 0.3 is 122 Å². The Kier molecular flexibility index (Phi) is 27.1. The first-order valence-electron chi connectivity index (χ1n) is 17.5. The Hall–Kier alpha value is -4.85. The molecule has 0 aliphatic carbocycles. The summed E-state index contributed by atoms with van der Waals surface area (Å²) in [6, 6.07) is 0. The number of hydrogen-bond acceptors (Lipinski definition) is 16. The maximum Gasteiger partial charge on any atom is 0.508 e. The molecule has 80 heavy (non-hydrogen) atoms. The lowest BCUT2D eigenvalue weighted by Crippen LogP contribution is -2.61. The number of methoxy groups -OCH3 is 4. The predicted octanol–water partition coefficient (Wildman–Crippen LogP) is 13.0. The molecule has 0 spiro atoms. The topological polar surface area (TPSA) is 171 Å². The molecule has 0 aliphatic heterocycles. The van der Waals surface area contributed by atoms with Gasteiger partial charge in [0.05, 0.1) is 21.3 Å². The number of carbonyl (C=O) groups is 3. The van der Waals surface area contributed by atoms with E-state index < -0.39 is 155 Å². The minimum atomic E-state index is -7.52. The number of hydrogen-bond donors (Lipinski definition) is 0. The third-order valence-electron chi connectivity index (χ3n) is 6.62. The van der Waals surface area contributed by atoms with Gasteiger partial charge < -0.3 is 33.2 Å². The lowest BCUT2D eigenvalue weighted by molar-refractivity contribution is -0.566. The van der Waals surface area contributed by atoms with Gasteiger partial charge in [-0.1, -0.05) is 7.43 Å². The molecule has 0 N–H and O–H groups in total. The second-order valence-corrected chi connectivity index (χ2v) is 13.1. The first-order valence-corrected chi connectivity index (χ1v) is 17.5. The average molecular weight is 1290 g/mol. The van der Waals surface area contributed by atoms with Gasteiger partial charge in [-0.05, 0) is 0 Å². The van der Waals surface area contributed by atoms with Crippen LogP contribution < -0.4 is 0 Å². The van der Waals surface area contributed by atoms with Gasteiger partial charge in [-0.2, -0.15) is 149 Å². The molecule has 16 nitrogen and oxygen atoms in total. The van der Waals surface area contributed by atoms with Gasteiger partial charge in [0, 0.05) is 21.0 Å². The first-order chi connectivity index (χ1) is 34.2. The van der Waals surface area contributed by atoms with Crippen LogP contribution in [0.1, 0.15) is 21.3 Å². The molecule has 0 aromatic rings. The van der Waals surface area contributed by atoms with Crippen LogP contribution in [0, 0.1) is 0 Å². The number of ether oxygens (including phenoxy) is 13. The highest BCUT2D eigenvalue weighted by Gasteiger charge is 2.80. The molecule has 0 bridgehead atoms. The Morgan fingerprint density at radius 3 is 0.600 bits per heavy atom. The van der Waals surface area contributed by atoms with E-state index in [1.807, 2.05) is 0 Å². The Labute approximate surface area is 417 Å². The molecule has 0 radical (unpaired) electrons. The van der Waals surface area contributed by atoms with Crippen LogP contribution in [0.3, 0.4) is 0 Å². The summed E-state index contributed by atoms with van der Waals surface area (Å²) < 4.78 is 473. The zero-order valence-corrected chi connectivity index (χ0v) is 37.5. The molecule has 482 valence electrons. The maximum atomic E-state index is 13.2. The van der Waals surface area contributed by atoms with Crippen molar-refractivity contribution in [3.63, 3.8) is 0 Å². The van der Waals surface area contributed by atoms with Crippen LogP contribution >= 0.6 is 0 Å². The van der Waals surface area contributed by atoms with Gasteiger partial charge in [0.15, 0.2) is 19.8 Å². The largest absolute Gasteiger partial charge is 0.508 e. The van der Waals surface area contributed by atoms with E-state index in [0.29, 0.717) is 14.2 Å². The van der Waals surface area contributed by atoms with Crippen molar-refractivity contribution in [1.29, 1.82) is 0 Å². The van der Waals surface area contributed by atoms with E-state index in [4.69, 9.17) is 0 Å². The highest BCUT2D eigenvalue weighted by atomic mass is 19.4. The minimum absolute atomic E-state index is 0. The standard InChI is InChI=1S/C12H8F16O6.C10H8F12O5.C7H8F6O5.CH4/c1-5(13,14)7(17,18)8(19,20)33-11(25,26)12(27,28)34-10(23,24)9(21,22)32-6(15,16)3-31-4(29)30-2;1-5(11,12)7(15,16)8(17,18)27-10(21,22)9(19,20)26-6(13,14)3-25-4(23)24-2;1-15-4(14)17-3-5(8,9)18-7(12,13)6(10,11)16-2;/h3H2,1-2H3;3H2,1-2H3;3H2,1-2H3;1H4. The second-order valence-electron chi connectivity index (χ2n) is 13.1. The molecule has 50 heteroatoms. The van der Waals surface area contributed by atoms with Crippen molar-refractivity contribution in [2.24, 2.45) is 0 Å². The van der Waals surface area contributed by atoms with E-state index in [2.05, 4.69) is 47.4 Å². The number of alkyl halides is 34. The number of carbonyl (C=O) groups excluding carboxylic acids is 3. The van der Waals surface area contributed by atoms with E-state index in [1.54, 1.807) is 9.47 Å². The van der Waals surface area contributed by atoms with E-state index >= 15 is 0 Å². The zero-order valence-electron chi connectivity index (χ0n) is 37.5. The van der Waals surface area contributed by atoms with Crippen LogP contribution in [0.25, 0.3) is 0 Å². The quantitative estimate of drug-likeness (QED) is 0.0432. The molecule has 0 amide bonds. The normalized spacial score (nSPS) is 14.6. The van der Waals surface area contributed by atoms with E-state index in [1.165, 1.54) is 4.74 Å². The third kappa shape index (κ3) is 22.5. The summed E-state index contributed by atoms with van der Waals surface area (Å²) in [5.41, 5.74) is 0. The number of halogens is 34. The fourth-order valence-corrected chi connectivity index (χ4v) is 2.91. The van der Waals surface area contributed by atoms with Crippen LogP contribution in [0.2, 0.25) is 0 Å². The van der Waals surface area contributed by atoms with E-state index in [9.17, 15) is 164 Å². The Morgan fingerprint density at radius 1 is 0.275 bits per heavy atom. The molecule has 0 saturated carbocycles. The smallest absolute Gasteiger partial charge is 0.438 e. The lowest BCUT2D eigenvalue weighted by atomic mass is 10.2. The fraction of sp³-hybridized carbons (Fsp3) is 0.900. The molecule has 0 heterocycles. The van der Waals surface area contributed by atoms with Crippen molar-refractivity contribution in [2.75, 3.05) is 48.3 Å². The van der Waals surface area contributed by atoms with Crippen LogP contribution in [-0.2, 0) is 61.6 Å². The maximum absolute atomic E-state index is 13.2. The second kappa shape index (κ2) is 26.6. The molecular weight excluding hydrogens is 1260 g/mol. The zero-order chi connectivity index (χ0) is 64.5. The monoisotopic (exact) mass is 1290 g/mol. The van der Waals surface area contributed by atoms with Gasteiger partial charge in [-0.25, -0.2) is 42.8 Å². The Balaban J connectivity index is -0.000000563. The SMILES string of the molecule is C.COC(=O)OCC(F)(F)OC(F)(F)C(F)(F)OC.COC(=O)OCC(F)(F)OC(F)(F)C(F)(F)OC(F)(F)C(F)(F)C(C)(F)F.COC(=O)OCC(F)(F)OC(F)(F)C(F)(F)OC(F)(F)C(F)(F)OC(F)(F)C(F)(F)C(C)(F)F. The van der Waals surface area contributed by atoms with Crippen LogP contribution in [0.5, 0.6) is 0 Å². The molecule has 0 saturated heterocycles. The Bertz CT molecular complexity index is 1960. The summed E-state index contributed by atoms with van der Waals surface area (Å²) in [7, 11) is 1.96. The number of rotatable bonds is 27. The molecule has 0 aromatic heterocycles. The predicted molar refractivity (Wildman–Crippen MR) is 171 cm³/mol. The summed E-state index contributed by atoms with van der Waals surface area (Å²) >= 11 is 0. The summed E-state index contributed by atoms with van der Waals surface area (Å²) in [5.74, 6) is -25.5. The molecule has 0 unspecified atom stereocenters. The fourth-order valence-electron chi connectivity index (χ4n) is 2.91. The third-order valence-corrected chi connectivity index (χ3v) is 6.62. The molecule has 0 fully saturated rings. The Morgan fingerprint density at radius 2 is 0.438 bits per heavy atom. The first kappa shape index (κ1) is 81.6. The van der Waals surface area contributed by atoms with Crippen molar-refractivity contribution in [2.45, 2.75) is 124 Å². The van der Waals surface area contributed by atoms with Gasteiger partial charge in [0.2, 0.25) is 0 Å². The molecule has 0 atom stereocenters. The van der Waals surface area contributed by atoms with E-state index in [0.717, 1.165) is 7.11 Å². The minimum Gasteiger partial charge on any atom is -0.438 e. The van der Waals surface area contributed by atoms with Crippen molar-refractivity contribution in [3.05, 3.63) is 0 Å². The molecule has 0 aliphatic rings. The summed E-state index contributed by atoms with van der Waals surface area (Å²) in [6.45, 7) is -9.13.